The van der Waals surface area contributed by atoms with Crippen LogP contribution < -0.4 is 5.43 Å². The first kappa shape index (κ1) is 25.9. The number of hydrogen-bond acceptors (Lipinski definition) is 2. The van der Waals surface area contributed by atoms with E-state index in [1.165, 1.54) is 27.2 Å². The lowest BCUT2D eigenvalue weighted by Crippen LogP contribution is -2.04. The Bertz CT molecular complexity index is 2910. The Morgan fingerprint density at radius 2 is 1.04 bits per heavy atom. The van der Waals surface area contributed by atoms with Gasteiger partial charge in [-0.3, -0.25) is 4.79 Å². The molecule has 10 aromatic rings. The van der Waals surface area contributed by atoms with E-state index in [0.29, 0.717) is 21.9 Å². The molecule has 0 aliphatic heterocycles. The van der Waals surface area contributed by atoms with E-state index in [1.54, 1.807) is 0 Å². The highest BCUT2D eigenvalue weighted by Crippen LogP contribution is 2.42. The number of para-hydroxylation sites is 3. The summed E-state index contributed by atoms with van der Waals surface area (Å²) in [5.74, 6) is 0. The van der Waals surface area contributed by atoms with Gasteiger partial charge in [-0.1, -0.05) is 97.1 Å². The normalized spacial score (nSPS) is 11.9. The second-order valence-electron chi connectivity index (χ2n) is 12.1. The monoisotopic (exact) mass is 602 g/mol. The maximum absolute atomic E-state index is 14.1. The fourth-order valence-corrected chi connectivity index (χ4v) is 7.43. The molecule has 10 rings (SSSR count). The maximum Gasteiger partial charge on any atom is 0.200 e. The molecule has 0 spiro atoms. The number of benzene rings is 7. The van der Waals surface area contributed by atoms with Crippen LogP contribution in [0.3, 0.4) is 0 Å². The minimum absolute atomic E-state index is 0.0340. The predicted octanol–water partition coefficient (Wildman–Crippen LogP) is 10.8. The van der Waals surface area contributed by atoms with Gasteiger partial charge in [0.05, 0.1) is 32.8 Å². The van der Waals surface area contributed by atoms with Gasteiger partial charge in [0, 0.05) is 32.9 Å². The summed E-state index contributed by atoms with van der Waals surface area (Å²) < 4.78 is 11.0. The second kappa shape index (κ2) is 9.80. The van der Waals surface area contributed by atoms with Gasteiger partial charge in [0.15, 0.2) is 0 Å². The molecule has 3 heterocycles. The molecule has 4 nitrogen and oxygen atoms in total. The molecule has 220 valence electrons. The highest BCUT2D eigenvalue weighted by Gasteiger charge is 2.21. The quantitative estimate of drug-likeness (QED) is 0.189. The van der Waals surface area contributed by atoms with Crippen LogP contribution in [-0.4, -0.2) is 9.13 Å². The molecule has 47 heavy (non-hydrogen) atoms. The Balaban J connectivity index is 1.28. The van der Waals surface area contributed by atoms with Crippen molar-refractivity contribution < 1.29 is 4.42 Å². The fraction of sp³-hybridized carbons (Fsp3) is 0. The lowest BCUT2D eigenvalue weighted by molar-refractivity contribution is 0.660. The van der Waals surface area contributed by atoms with E-state index in [4.69, 9.17) is 4.42 Å². The molecular weight excluding hydrogens is 576 g/mol. The number of rotatable bonds is 3. The zero-order valence-electron chi connectivity index (χ0n) is 25.2. The standard InChI is InChI=1S/C43H26N2O2/c46-43-34-25-28(27-11-3-1-4-12-27)19-23-39(34)47-40-24-20-30(26-35(40)43)44-37-18-10-8-16-33(37)41-38(44)22-21-32-31-15-7-9-17-36(31)45(42(32)41)29-13-5-2-6-14-29/h1-26H. The van der Waals surface area contributed by atoms with Crippen molar-refractivity contribution in [1.29, 1.82) is 0 Å². The van der Waals surface area contributed by atoms with E-state index in [0.717, 1.165) is 38.9 Å². The average Bonchev–Trinajstić information content (AvgIpc) is 3.65. The summed E-state index contributed by atoms with van der Waals surface area (Å²) >= 11 is 0. The van der Waals surface area contributed by atoms with Crippen LogP contribution >= 0.6 is 0 Å². The van der Waals surface area contributed by atoms with Crippen molar-refractivity contribution in [2.24, 2.45) is 0 Å². The molecule has 4 heteroatoms. The Labute approximate surface area is 268 Å². The number of fused-ring (bicyclic) bond motifs is 9. The van der Waals surface area contributed by atoms with E-state index in [1.807, 2.05) is 48.5 Å². The van der Waals surface area contributed by atoms with Gasteiger partial charge >= 0.3 is 0 Å². The highest BCUT2D eigenvalue weighted by molar-refractivity contribution is 6.26. The van der Waals surface area contributed by atoms with Crippen LogP contribution in [0.2, 0.25) is 0 Å². The molecule has 0 bridgehead atoms. The fourth-order valence-electron chi connectivity index (χ4n) is 7.43. The van der Waals surface area contributed by atoms with Crippen LogP contribution in [0.15, 0.2) is 167 Å². The van der Waals surface area contributed by atoms with E-state index in [2.05, 4.69) is 118 Å². The smallest absolute Gasteiger partial charge is 0.200 e. The van der Waals surface area contributed by atoms with Crippen molar-refractivity contribution in [2.75, 3.05) is 0 Å². The van der Waals surface area contributed by atoms with Crippen molar-refractivity contribution in [3.8, 4) is 22.5 Å². The molecule has 3 aromatic heterocycles. The van der Waals surface area contributed by atoms with Crippen LogP contribution in [0.25, 0.3) is 88.1 Å². The zero-order valence-corrected chi connectivity index (χ0v) is 25.2. The zero-order chi connectivity index (χ0) is 31.1. The second-order valence-corrected chi connectivity index (χ2v) is 12.1. The van der Waals surface area contributed by atoms with Gasteiger partial charge in [-0.05, 0) is 71.8 Å². The largest absolute Gasteiger partial charge is 0.456 e. The molecule has 0 aliphatic carbocycles. The first-order valence-electron chi connectivity index (χ1n) is 15.8. The summed E-state index contributed by atoms with van der Waals surface area (Å²) in [4.78, 5) is 14.1. The molecule has 0 N–H and O–H groups in total. The third-order valence-corrected chi connectivity index (χ3v) is 9.50. The van der Waals surface area contributed by atoms with E-state index < -0.39 is 0 Å². The molecule has 7 aromatic carbocycles. The van der Waals surface area contributed by atoms with Crippen molar-refractivity contribution in [2.45, 2.75) is 0 Å². The van der Waals surface area contributed by atoms with Crippen molar-refractivity contribution >= 4 is 65.6 Å². The van der Waals surface area contributed by atoms with Crippen LogP contribution in [0.5, 0.6) is 0 Å². The van der Waals surface area contributed by atoms with Crippen LogP contribution in [-0.2, 0) is 0 Å². The van der Waals surface area contributed by atoms with Gasteiger partial charge in [0.25, 0.3) is 0 Å². The van der Waals surface area contributed by atoms with Crippen molar-refractivity contribution in [1.82, 2.24) is 9.13 Å². The van der Waals surface area contributed by atoms with Gasteiger partial charge in [-0.15, -0.1) is 0 Å². The summed E-state index contributed by atoms with van der Waals surface area (Å²) in [7, 11) is 0. The van der Waals surface area contributed by atoms with Gasteiger partial charge in [0.2, 0.25) is 5.43 Å². The van der Waals surface area contributed by atoms with Crippen LogP contribution in [0, 0.1) is 0 Å². The molecule has 0 saturated heterocycles. The average molecular weight is 603 g/mol. The SMILES string of the molecule is O=c1c2cc(-c3ccccc3)ccc2oc2ccc(-n3c4ccccc4c4c3ccc3c5ccccc5n(-c5ccccc5)c34)cc12. The number of aromatic nitrogens is 2. The lowest BCUT2D eigenvalue weighted by atomic mass is 10.0. The summed E-state index contributed by atoms with van der Waals surface area (Å²) in [5, 5.41) is 5.90. The first-order chi connectivity index (χ1) is 23.2. The minimum Gasteiger partial charge on any atom is -0.456 e. The van der Waals surface area contributed by atoms with Crippen molar-refractivity contribution in [3.05, 3.63) is 168 Å². The first-order valence-corrected chi connectivity index (χ1v) is 15.8. The molecule has 0 aliphatic rings. The molecule has 0 saturated carbocycles. The summed E-state index contributed by atoms with van der Waals surface area (Å²) in [6.07, 6.45) is 0. The van der Waals surface area contributed by atoms with Gasteiger partial charge in [0.1, 0.15) is 11.2 Å². The molecule has 0 radical (unpaired) electrons. The molecular formula is C43H26N2O2. The third kappa shape index (κ3) is 3.73. The topological polar surface area (TPSA) is 40.1 Å². The maximum atomic E-state index is 14.1. The Hall–Kier alpha value is -6.39. The van der Waals surface area contributed by atoms with E-state index in [-0.39, 0.29) is 5.43 Å². The van der Waals surface area contributed by atoms with E-state index in [9.17, 15) is 4.79 Å². The third-order valence-electron chi connectivity index (χ3n) is 9.50. The van der Waals surface area contributed by atoms with Gasteiger partial charge in [-0.25, -0.2) is 0 Å². The highest BCUT2D eigenvalue weighted by atomic mass is 16.3. The van der Waals surface area contributed by atoms with Crippen molar-refractivity contribution in [3.63, 3.8) is 0 Å². The summed E-state index contributed by atoms with van der Waals surface area (Å²) in [6, 6.07) is 54.1. The Morgan fingerprint density at radius 3 is 1.83 bits per heavy atom. The van der Waals surface area contributed by atoms with Crippen LogP contribution in [0.4, 0.5) is 0 Å². The van der Waals surface area contributed by atoms with Gasteiger partial charge in [-0.2, -0.15) is 0 Å². The minimum atomic E-state index is -0.0340. The van der Waals surface area contributed by atoms with Crippen LogP contribution in [0.1, 0.15) is 0 Å². The summed E-state index contributed by atoms with van der Waals surface area (Å²) in [5.41, 5.74) is 9.71. The lowest BCUT2D eigenvalue weighted by Gasteiger charge is -2.11. The Morgan fingerprint density at radius 1 is 0.404 bits per heavy atom. The number of hydrogen-bond donors (Lipinski definition) is 0. The van der Waals surface area contributed by atoms with Gasteiger partial charge < -0.3 is 13.6 Å². The molecule has 0 atom stereocenters. The Kier molecular flexibility index (Phi) is 5.40. The predicted molar refractivity (Wildman–Crippen MR) is 194 cm³/mol. The molecule has 0 unspecified atom stereocenters. The summed E-state index contributed by atoms with van der Waals surface area (Å²) in [6.45, 7) is 0. The molecule has 0 fully saturated rings. The number of nitrogens with zero attached hydrogens (tertiary/aromatic N) is 2. The molecule has 0 amide bonds. The van der Waals surface area contributed by atoms with E-state index >= 15 is 0 Å².